The zero-order chi connectivity index (χ0) is 14.1. The lowest BCUT2D eigenvalue weighted by molar-refractivity contribution is -0.292. The van der Waals surface area contributed by atoms with Gasteiger partial charge in [-0.1, -0.05) is 0 Å². The average molecular weight is 273 g/mol. The van der Waals surface area contributed by atoms with Gasteiger partial charge in [-0.15, -0.1) is 0 Å². The van der Waals surface area contributed by atoms with Crippen molar-refractivity contribution in [3.05, 3.63) is 23.7 Å². The molecule has 0 aliphatic carbocycles. The Morgan fingerprint density at radius 2 is 1.89 bits per heavy atom. The summed E-state index contributed by atoms with van der Waals surface area (Å²) in [5.74, 6) is -7.56. The van der Waals surface area contributed by atoms with E-state index in [-0.39, 0.29) is 0 Å². The van der Waals surface area contributed by atoms with Gasteiger partial charge in [0.05, 0.1) is 7.11 Å². The number of methoxy groups -OCH3 is 1. The van der Waals surface area contributed by atoms with E-state index in [4.69, 9.17) is 5.73 Å². The fourth-order valence-corrected chi connectivity index (χ4v) is 1.09. The molecule has 0 radical (unpaired) electrons. The van der Waals surface area contributed by atoms with E-state index in [1.807, 2.05) is 0 Å². The Balaban J connectivity index is 3.01. The molecule has 0 spiro atoms. The SMILES string of the molecule is COC(=O)c1ccc(C(N)C(F)(F)C(F)(F)F)o1. The van der Waals surface area contributed by atoms with E-state index < -0.39 is 35.6 Å². The summed E-state index contributed by atoms with van der Waals surface area (Å²) in [6, 6.07) is -1.08. The Morgan fingerprint density at radius 1 is 1.33 bits per heavy atom. The molecule has 1 unspecified atom stereocenters. The third kappa shape index (κ3) is 2.45. The van der Waals surface area contributed by atoms with Gasteiger partial charge >= 0.3 is 18.1 Å². The molecule has 0 fully saturated rings. The summed E-state index contributed by atoms with van der Waals surface area (Å²) in [5.41, 5.74) is 4.80. The van der Waals surface area contributed by atoms with E-state index in [2.05, 4.69) is 9.15 Å². The van der Waals surface area contributed by atoms with Crippen LogP contribution in [-0.2, 0) is 4.74 Å². The van der Waals surface area contributed by atoms with Crippen LogP contribution in [0.25, 0.3) is 0 Å². The maximum atomic E-state index is 12.9. The van der Waals surface area contributed by atoms with Crippen molar-refractivity contribution >= 4 is 5.97 Å². The Morgan fingerprint density at radius 3 is 2.33 bits per heavy atom. The number of furan rings is 1. The number of rotatable bonds is 3. The molecule has 0 aliphatic heterocycles. The first-order valence-electron chi connectivity index (χ1n) is 4.49. The summed E-state index contributed by atoms with van der Waals surface area (Å²) in [6.07, 6.45) is -5.81. The predicted molar refractivity (Wildman–Crippen MR) is 48.0 cm³/mol. The average Bonchev–Trinajstić information content (AvgIpc) is 2.74. The number of nitrogens with two attached hydrogens (primary N) is 1. The molecule has 0 saturated heterocycles. The number of hydrogen-bond acceptors (Lipinski definition) is 4. The first kappa shape index (κ1) is 14.4. The third-order valence-corrected chi connectivity index (χ3v) is 2.09. The van der Waals surface area contributed by atoms with Gasteiger partial charge in [0.25, 0.3) is 0 Å². The van der Waals surface area contributed by atoms with Gasteiger partial charge in [0.15, 0.2) is 0 Å². The summed E-state index contributed by atoms with van der Waals surface area (Å²) < 4.78 is 70.6. The molecule has 1 aromatic rings. The fraction of sp³-hybridized carbons (Fsp3) is 0.444. The molecule has 4 nitrogen and oxygen atoms in total. The zero-order valence-electron chi connectivity index (χ0n) is 8.92. The van der Waals surface area contributed by atoms with Crippen molar-refractivity contribution in [1.82, 2.24) is 0 Å². The predicted octanol–water partition coefficient (Wildman–Crippen LogP) is 2.26. The minimum absolute atomic E-state index is 0.513. The quantitative estimate of drug-likeness (QED) is 0.677. The molecule has 1 atom stereocenters. The van der Waals surface area contributed by atoms with Crippen molar-refractivity contribution in [2.75, 3.05) is 7.11 Å². The molecule has 1 rings (SSSR count). The standard InChI is InChI=1S/C9H8F5NO3/c1-17-7(16)5-3-2-4(18-5)6(15)8(10,11)9(12,13)14/h2-3,6H,15H2,1H3. The van der Waals surface area contributed by atoms with E-state index in [0.29, 0.717) is 0 Å². The molecule has 9 heteroatoms. The van der Waals surface area contributed by atoms with E-state index in [1.165, 1.54) is 0 Å². The first-order chi connectivity index (χ1) is 8.11. The van der Waals surface area contributed by atoms with Gasteiger partial charge in [0.2, 0.25) is 5.76 Å². The molecule has 0 aromatic carbocycles. The number of esters is 1. The molecule has 1 aromatic heterocycles. The maximum absolute atomic E-state index is 12.9. The molecular weight excluding hydrogens is 265 g/mol. The highest BCUT2D eigenvalue weighted by Crippen LogP contribution is 2.43. The van der Waals surface area contributed by atoms with Crippen molar-refractivity contribution in [1.29, 1.82) is 0 Å². The van der Waals surface area contributed by atoms with Crippen LogP contribution in [0.15, 0.2) is 16.5 Å². The second-order valence-electron chi connectivity index (χ2n) is 3.29. The van der Waals surface area contributed by atoms with Crippen molar-refractivity contribution in [3.8, 4) is 0 Å². The minimum Gasteiger partial charge on any atom is -0.463 e. The van der Waals surface area contributed by atoms with Crippen LogP contribution in [0.3, 0.4) is 0 Å². The van der Waals surface area contributed by atoms with Crippen molar-refractivity contribution in [3.63, 3.8) is 0 Å². The summed E-state index contributed by atoms with van der Waals surface area (Å²) >= 11 is 0. The number of ether oxygens (including phenoxy) is 1. The van der Waals surface area contributed by atoms with Crippen LogP contribution in [-0.4, -0.2) is 25.2 Å². The van der Waals surface area contributed by atoms with Gasteiger partial charge in [-0.2, -0.15) is 22.0 Å². The molecule has 1 heterocycles. The molecule has 0 bridgehead atoms. The lowest BCUT2D eigenvalue weighted by atomic mass is 10.1. The van der Waals surface area contributed by atoms with Gasteiger partial charge in [-0.25, -0.2) is 4.79 Å². The monoisotopic (exact) mass is 273 g/mol. The lowest BCUT2D eigenvalue weighted by Gasteiger charge is -2.24. The van der Waals surface area contributed by atoms with Crippen LogP contribution in [0, 0.1) is 0 Å². The highest BCUT2D eigenvalue weighted by Gasteiger charge is 2.62. The van der Waals surface area contributed by atoms with Crippen LogP contribution in [0.4, 0.5) is 22.0 Å². The summed E-state index contributed by atoms with van der Waals surface area (Å²) in [5, 5.41) is 0. The summed E-state index contributed by atoms with van der Waals surface area (Å²) in [4.78, 5) is 10.9. The van der Waals surface area contributed by atoms with Crippen LogP contribution >= 0.6 is 0 Å². The summed E-state index contributed by atoms with van der Waals surface area (Å²) in [7, 11) is 0.995. The first-order valence-corrected chi connectivity index (χ1v) is 4.49. The molecule has 2 N–H and O–H groups in total. The van der Waals surface area contributed by atoms with E-state index in [0.717, 1.165) is 19.2 Å². The van der Waals surface area contributed by atoms with Gasteiger partial charge in [-0.3, -0.25) is 0 Å². The van der Waals surface area contributed by atoms with Crippen molar-refractivity contribution < 1.29 is 35.9 Å². The van der Waals surface area contributed by atoms with Gasteiger partial charge in [0, 0.05) is 0 Å². The zero-order valence-corrected chi connectivity index (χ0v) is 8.92. The third-order valence-electron chi connectivity index (χ3n) is 2.09. The van der Waals surface area contributed by atoms with Gasteiger partial charge in [0.1, 0.15) is 11.8 Å². The van der Waals surface area contributed by atoms with Crippen LogP contribution in [0.5, 0.6) is 0 Å². The fourth-order valence-electron chi connectivity index (χ4n) is 1.09. The number of carbonyl (C=O) groups is 1. The highest BCUT2D eigenvalue weighted by atomic mass is 19.4. The van der Waals surface area contributed by atoms with Crippen molar-refractivity contribution in [2.45, 2.75) is 18.1 Å². The van der Waals surface area contributed by atoms with Crippen LogP contribution in [0.2, 0.25) is 0 Å². The molecule has 0 aliphatic rings. The summed E-state index contributed by atoms with van der Waals surface area (Å²) in [6.45, 7) is 0. The number of halogens is 5. The molecule has 0 amide bonds. The normalized spacial score (nSPS) is 14.4. The Labute approximate surface area is 97.5 Å². The van der Waals surface area contributed by atoms with E-state index in [1.54, 1.807) is 0 Å². The maximum Gasteiger partial charge on any atom is 0.455 e. The van der Waals surface area contributed by atoms with Gasteiger partial charge in [-0.05, 0) is 12.1 Å². The van der Waals surface area contributed by atoms with Gasteiger partial charge < -0.3 is 14.9 Å². The Kier molecular flexibility index (Phi) is 3.65. The van der Waals surface area contributed by atoms with E-state index in [9.17, 15) is 26.7 Å². The van der Waals surface area contributed by atoms with E-state index >= 15 is 0 Å². The van der Waals surface area contributed by atoms with Crippen LogP contribution in [0.1, 0.15) is 22.4 Å². The van der Waals surface area contributed by atoms with Crippen LogP contribution < -0.4 is 5.73 Å². The Bertz CT molecular complexity index is 440. The largest absolute Gasteiger partial charge is 0.463 e. The number of hydrogen-bond donors (Lipinski definition) is 1. The smallest absolute Gasteiger partial charge is 0.455 e. The molecule has 102 valence electrons. The highest BCUT2D eigenvalue weighted by molar-refractivity contribution is 5.86. The second kappa shape index (κ2) is 4.56. The lowest BCUT2D eigenvalue weighted by Crippen LogP contribution is -2.45. The molecule has 18 heavy (non-hydrogen) atoms. The topological polar surface area (TPSA) is 65.5 Å². The molecular formula is C9H8F5NO3. The number of carbonyl (C=O) groups excluding carboxylic acids is 1. The second-order valence-corrected chi connectivity index (χ2v) is 3.29. The Hall–Kier alpha value is -1.64. The number of alkyl halides is 5. The minimum atomic E-state index is -5.81. The molecule has 0 saturated carbocycles. The van der Waals surface area contributed by atoms with Crippen molar-refractivity contribution in [2.24, 2.45) is 5.73 Å².